The van der Waals surface area contributed by atoms with Crippen LogP contribution in [0.25, 0.3) is 0 Å². The lowest BCUT2D eigenvalue weighted by Gasteiger charge is -2.24. The van der Waals surface area contributed by atoms with Gasteiger partial charge in [-0.15, -0.1) is 0 Å². The molecule has 2 aromatic carbocycles. The first-order chi connectivity index (χ1) is 11.5. The van der Waals surface area contributed by atoms with Gasteiger partial charge in [0.1, 0.15) is 6.61 Å². The van der Waals surface area contributed by atoms with Crippen LogP contribution in [0.5, 0.6) is 11.5 Å². The minimum Gasteiger partial charge on any atom is -0.485 e. The molecule has 5 heteroatoms. The Morgan fingerprint density at radius 3 is 2.62 bits per heavy atom. The van der Waals surface area contributed by atoms with Gasteiger partial charge < -0.3 is 9.47 Å². The highest BCUT2D eigenvalue weighted by Crippen LogP contribution is 2.30. The standard InChI is InChI=1S/C19H20N2O3/c1-12-8-9-15(10-13(12)2)14(3)20-21-19(22)18-11-23-16-6-4-5-7-17(16)24-18/h4-10,18H,11H2,1-3H3,(H,21,22)/b20-14+. The van der Waals surface area contributed by atoms with E-state index in [1.807, 2.05) is 37.3 Å². The predicted octanol–water partition coefficient (Wildman–Crippen LogP) is 2.98. The highest BCUT2D eigenvalue weighted by molar-refractivity contribution is 5.99. The van der Waals surface area contributed by atoms with Crippen molar-refractivity contribution in [2.75, 3.05) is 6.61 Å². The number of hydrogen-bond donors (Lipinski definition) is 1. The van der Waals surface area contributed by atoms with Gasteiger partial charge in [0, 0.05) is 0 Å². The van der Waals surface area contributed by atoms with Crippen LogP contribution in [-0.4, -0.2) is 24.3 Å². The maximum atomic E-state index is 12.2. The smallest absolute Gasteiger partial charge is 0.284 e. The van der Waals surface area contributed by atoms with E-state index in [9.17, 15) is 4.79 Å². The number of aryl methyl sites for hydroxylation is 2. The maximum absolute atomic E-state index is 12.2. The van der Waals surface area contributed by atoms with Crippen molar-refractivity contribution in [3.8, 4) is 11.5 Å². The molecule has 1 unspecified atom stereocenters. The summed E-state index contributed by atoms with van der Waals surface area (Å²) < 4.78 is 11.2. The van der Waals surface area contributed by atoms with E-state index < -0.39 is 6.10 Å². The van der Waals surface area contributed by atoms with E-state index in [1.54, 1.807) is 6.07 Å². The molecule has 1 atom stereocenters. The normalized spacial score (nSPS) is 16.6. The summed E-state index contributed by atoms with van der Waals surface area (Å²) in [6.45, 7) is 6.14. The van der Waals surface area contributed by atoms with Crippen molar-refractivity contribution < 1.29 is 14.3 Å². The molecule has 0 saturated heterocycles. The summed E-state index contributed by atoms with van der Waals surface area (Å²) in [6.07, 6.45) is -0.712. The summed E-state index contributed by atoms with van der Waals surface area (Å²) in [7, 11) is 0. The van der Waals surface area contributed by atoms with Crippen LogP contribution in [0, 0.1) is 13.8 Å². The largest absolute Gasteiger partial charge is 0.485 e. The molecule has 0 bridgehead atoms. The number of nitrogens with one attached hydrogen (secondary N) is 1. The van der Waals surface area contributed by atoms with Gasteiger partial charge in [0.15, 0.2) is 11.5 Å². The summed E-state index contributed by atoms with van der Waals surface area (Å²) in [5.74, 6) is 0.891. The molecule has 0 saturated carbocycles. The van der Waals surface area contributed by atoms with Gasteiger partial charge in [0.05, 0.1) is 5.71 Å². The van der Waals surface area contributed by atoms with Crippen molar-refractivity contribution in [1.29, 1.82) is 0 Å². The Labute approximate surface area is 141 Å². The average molecular weight is 324 g/mol. The fourth-order valence-corrected chi connectivity index (χ4v) is 2.39. The van der Waals surface area contributed by atoms with Crippen molar-refractivity contribution in [1.82, 2.24) is 5.43 Å². The highest BCUT2D eigenvalue weighted by Gasteiger charge is 2.27. The molecule has 0 aromatic heterocycles. The number of hydrazone groups is 1. The van der Waals surface area contributed by atoms with Crippen molar-refractivity contribution in [3.05, 3.63) is 59.2 Å². The molecule has 3 rings (SSSR count). The Morgan fingerprint density at radius 1 is 1.12 bits per heavy atom. The molecular formula is C19H20N2O3. The van der Waals surface area contributed by atoms with E-state index >= 15 is 0 Å². The predicted molar refractivity (Wildman–Crippen MR) is 92.6 cm³/mol. The Balaban J connectivity index is 1.66. The van der Waals surface area contributed by atoms with Crippen LogP contribution in [0.1, 0.15) is 23.6 Å². The SMILES string of the molecule is C/C(=N\NC(=O)C1COc2ccccc2O1)c1ccc(C)c(C)c1. The van der Waals surface area contributed by atoms with Crippen LogP contribution in [0.3, 0.4) is 0 Å². The van der Waals surface area contributed by atoms with E-state index in [-0.39, 0.29) is 12.5 Å². The van der Waals surface area contributed by atoms with Gasteiger partial charge in [-0.3, -0.25) is 4.79 Å². The van der Waals surface area contributed by atoms with E-state index in [0.717, 1.165) is 11.3 Å². The van der Waals surface area contributed by atoms with Gasteiger partial charge in [-0.25, -0.2) is 5.43 Å². The first-order valence-corrected chi connectivity index (χ1v) is 7.85. The van der Waals surface area contributed by atoms with Crippen molar-refractivity contribution >= 4 is 11.6 Å². The molecule has 5 nitrogen and oxygen atoms in total. The summed E-state index contributed by atoms with van der Waals surface area (Å²) >= 11 is 0. The Bertz CT molecular complexity index is 799. The molecule has 1 aliphatic rings. The molecule has 0 radical (unpaired) electrons. The van der Waals surface area contributed by atoms with Crippen LogP contribution in [-0.2, 0) is 4.79 Å². The lowest BCUT2D eigenvalue weighted by Crippen LogP contribution is -2.42. The number of ether oxygens (including phenoxy) is 2. The Morgan fingerprint density at radius 2 is 1.88 bits per heavy atom. The van der Waals surface area contributed by atoms with Gasteiger partial charge in [-0.1, -0.05) is 24.3 Å². The number of para-hydroxylation sites is 2. The van der Waals surface area contributed by atoms with Gasteiger partial charge in [0.25, 0.3) is 5.91 Å². The number of carbonyl (C=O) groups is 1. The van der Waals surface area contributed by atoms with Crippen LogP contribution in [0.4, 0.5) is 0 Å². The Hall–Kier alpha value is -2.82. The molecule has 1 heterocycles. The number of fused-ring (bicyclic) bond motifs is 1. The molecule has 1 amide bonds. The topological polar surface area (TPSA) is 59.9 Å². The average Bonchev–Trinajstić information content (AvgIpc) is 2.61. The zero-order valence-corrected chi connectivity index (χ0v) is 14.0. The lowest BCUT2D eigenvalue weighted by molar-refractivity contribution is -0.130. The van der Waals surface area contributed by atoms with Crippen LogP contribution in [0.15, 0.2) is 47.6 Å². The third-order valence-corrected chi connectivity index (χ3v) is 4.06. The fraction of sp³-hybridized carbons (Fsp3) is 0.263. The van der Waals surface area contributed by atoms with Crippen molar-refractivity contribution in [2.45, 2.75) is 26.9 Å². The number of carbonyl (C=O) groups excluding carboxylic acids is 1. The second-order valence-electron chi connectivity index (χ2n) is 5.84. The fourth-order valence-electron chi connectivity index (χ4n) is 2.39. The Kier molecular flexibility index (Phi) is 4.51. The van der Waals surface area contributed by atoms with Gasteiger partial charge in [0.2, 0.25) is 6.10 Å². The molecule has 2 aromatic rings. The number of hydrogen-bond acceptors (Lipinski definition) is 4. The van der Waals surface area contributed by atoms with Gasteiger partial charge in [-0.05, 0) is 55.7 Å². The van der Waals surface area contributed by atoms with Crippen LogP contribution >= 0.6 is 0 Å². The second-order valence-corrected chi connectivity index (χ2v) is 5.84. The molecule has 24 heavy (non-hydrogen) atoms. The molecular weight excluding hydrogens is 304 g/mol. The second kappa shape index (κ2) is 6.74. The first kappa shape index (κ1) is 16.1. The summed E-state index contributed by atoms with van der Waals surface area (Å²) in [6, 6.07) is 13.4. The van der Waals surface area contributed by atoms with Crippen molar-refractivity contribution in [3.63, 3.8) is 0 Å². The van der Waals surface area contributed by atoms with Gasteiger partial charge >= 0.3 is 0 Å². The number of rotatable bonds is 3. The van der Waals surface area contributed by atoms with Crippen LogP contribution in [0.2, 0.25) is 0 Å². The highest BCUT2D eigenvalue weighted by atomic mass is 16.6. The monoisotopic (exact) mass is 324 g/mol. The molecule has 0 spiro atoms. The quantitative estimate of drug-likeness (QED) is 0.697. The molecule has 0 aliphatic carbocycles. The molecule has 124 valence electrons. The zero-order valence-electron chi connectivity index (χ0n) is 14.0. The minimum atomic E-state index is -0.712. The molecule has 0 fully saturated rings. The zero-order chi connectivity index (χ0) is 17.1. The molecule has 1 aliphatic heterocycles. The van der Waals surface area contributed by atoms with E-state index in [2.05, 4.69) is 30.4 Å². The summed E-state index contributed by atoms with van der Waals surface area (Å²) in [5.41, 5.74) is 6.69. The minimum absolute atomic E-state index is 0.168. The number of benzene rings is 2. The number of nitrogens with zero attached hydrogens (tertiary/aromatic N) is 1. The summed E-state index contributed by atoms with van der Waals surface area (Å²) in [4.78, 5) is 12.2. The van der Waals surface area contributed by atoms with Crippen molar-refractivity contribution in [2.24, 2.45) is 5.10 Å². The van der Waals surface area contributed by atoms with Crippen LogP contribution < -0.4 is 14.9 Å². The maximum Gasteiger partial charge on any atom is 0.284 e. The number of amides is 1. The van der Waals surface area contributed by atoms with E-state index in [0.29, 0.717) is 11.5 Å². The van der Waals surface area contributed by atoms with E-state index in [1.165, 1.54) is 11.1 Å². The third-order valence-electron chi connectivity index (χ3n) is 4.06. The molecule has 1 N–H and O–H groups in total. The third kappa shape index (κ3) is 3.40. The van der Waals surface area contributed by atoms with E-state index in [4.69, 9.17) is 9.47 Å². The first-order valence-electron chi connectivity index (χ1n) is 7.85. The summed E-state index contributed by atoms with van der Waals surface area (Å²) in [5, 5.41) is 4.18. The van der Waals surface area contributed by atoms with Gasteiger partial charge in [-0.2, -0.15) is 5.10 Å². The lowest BCUT2D eigenvalue weighted by atomic mass is 10.0.